The van der Waals surface area contributed by atoms with Gasteiger partial charge in [-0.3, -0.25) is 4.79 Å². The summed E-state index contributed by atoms with van der Waals surface area (Å²) >= 11 is 0. The number of fused-ring (bicyclic) bond motifs is 1. The summed E-state index contributed by atoms with van der Waals surface area (Å²) in [6.07, 6.45) is 1.50. The molecule has 5 heteroatoms. The van der Waals surface area contributed by atoms with Gasteiger partial charge in [0.1, 0.15) is 5.82 Å². The van der Waals surface area contributed by atoms with Crippen molar-refractivity contribution in [2.24, 2.45) is 5.16 Å². The maximum atomic E-state index is 13.9. The maximum Gasteiger partial charge on any atom is 0.271 e. The van der Waals surface area contributed by atoms with E-state index in [2.05, 4.69) is 5.16 Å². The van der Waals surface area contributed by atoms with E-state index in [0.717, 1.165) is 18.5 Å². The van der Waals surface area contributed by atoms with E-state index in [4.69, 9.17) is 4.84 Å². The van der Waals surface area contributed by atoms with Crippen LogP contribution in [0.1, 0.15) is 24.0 Å². The molecular formula is C19H17FN2O2. The lowest BCUT2D eigenvalue weighted by Gasteiger charge is -2.30. The van der Waals surface area contributed by atoms with E-state index in [0.29, 0.717) is 24.2 Å². The Hall–Kier alpha value is -2.69. The number of amides is 1. The molecule has 0 fully saturated rings. The first-order valence-corrected chi connectivity index (χ1v) is 8.11. The van der Waals surface area contributed by atoms with Gasteiger partial charge < -0.3 is 9.74 Å². The normalized spacial score (nSPS) is 19.5. The summed E-state index contributed by atoms with van der Waals surface area (Å²) in [4.78, 5) is 20.0. The highest BCUT2D eigenvalue weighted by Crippen LogP contribution is 2.29. The largest absolute Gasteiger partial charge is 0.382 e. The molecule has 0 spiro atoms. The summed E-state index contributed by atoms with van der Waals surface area (Å²) < 4.78 is 13.9. The van der Waals surface area contributed by atoms with E-state index in [1.54, 1.807) is 23.1 Å². The molecule has 0 saturated heterocycles. The quantitative estimate of drug-likeness (QED) is 0.850. The first-order chi connectivity index (χ1) is 11.7. The van der Waals surface area contributed by atoms with E-state index in [-0.39, 0.29) is 11.7 Å². The first kappa shape index (κ1) is 14.9. The molecule has 1 atom stereocenters. The minimum atomic E-state index is -0.689. The number of aryl methyl sites for hydroxylation is 1. The number of rotatable bonds is 2. The van der Waals surface area contributed by atoms with Crippen LogP contribution in [0.5, 0.6) is 0 Å². The van der Waals surface area contributed by atoms with E-state index >= 15 is 0 Å². The van der Waals surface area contributed by atoms with Crippen LogP contribution in [0.3, 0.4) is 0 Å². The van der Waals surface area contributed by atoms with Gasteiger partial charge in [-0.2, -0.15) is 0 Å². The van der Waals surface area contributed by atoms with Gasteiger partial charge in [0.25, 0.3) is 5.91 Å². The second kappa shape index (κ2) is 6.07. The van der Waals surface area contributed by atoms with Gasteiger partial charge in [0.2, 0.25) is 6.10 Å². The lowest BCUT2D eigenvalue weighted by molar-refractivity contribution is -0.128. The monoisotopic (exact) mass is 324 g/mol. The Kier molecular flexibility index (Phi) is 3.76. The van der Waals surface area contributed by atoms with Gasteiger partial charge in [0.15, 0.2) is 0 Å². The van der Waals surface area contributed by atoms with Crippen molar-refractivity contribution in [2.75, 3.05) is 11.4 Å². The van der Waals surface area contributed by atoms with Crippen molar-refractivity contribution >= 4 is 17.3 Å². The van der Waals surface area contributed by atoms with Crippen LogP contribution in [0.25, 0.3) is 0 Å². The predicted molar refractivity (Wildman–Crippen MR) is 89.5 cm³/mol. The summed E-state index contributed by atoms with van der Waals surface area (Å²) in [7, 11) is 0. The van der Waals surface area contributed by atoms with Gasteiger partial charge in [0.05, 0.1) is 5.71 Å². The Bertz CT molecular complexity index is 819. The molecule has 24 heavy (non-hydrogen) atoms. The van der Waals surface area contributed by atoms with Gasteiger partial charge in [-0.25, -0.2) is 4.39 Å². The number of benzene rings is 2. The van der Waals surface area contributed by atoms with Gasteiger partial charge in [-0.05, 0) is 30.5 Å². The van der Waals surface area contributed by atoms with Crippen LogP contribution < -0.4 is 4.90 Å². The van der Waals surface area contributed by atoms with Gasteiger partial charge in [0, 0.05) is 24.2 Å². The van der Waals surface area contributed by atoms with Crippen LogP contribution in [-0.4, -0.2) is 24.3 Å². The average molecular weight is 324 g/mol. The third-order valence-electron chi connectivity index (χ3n) is 4.51. The Balaban J connectivity index is 1.53. The van der Waals surface area contributed by atoms with Crippen molar-refractivity contribution in [1.82, 2.24) is 0 Å². The Labute approximate surface area is 139 Å². The smallest absolute Gasteiger partial charge is 0.271 e. The molecule has 2 aliphatic rings. The van der Waals surface area contributed by atoms with Gasteiger partial charge >= 0.3 is 0 Å². The highest BCUT2D eigenvalue weighted by atomic mass is 19.1. The van der Waals surface area contributed by atoms with E-state index in [9.17, 15) is 9.18 Å². The number of hydrogen-bond donors (Lipinski definition) is 0. The Morgan fingerprint density at radius 1 is 1.17 bits per heavy atom. The zero-order chi connectivity index (χ0) is 16.5. The summed E-state index contributed by atoms with van der Waals surface area (Å²) in [6.45, 7) is 0.671. The fourth-order valence-electron chi connectivity index (χ4n) is 3.30. The number of carbonyl (C=O) groups is 1. The van der Waals surface area contributed by atoms with E-state index < -0.39 is 6.10 Å². The van der Waals surface area contributed by atoms with Crippen molar-refractivity contribution in [3.8, 4) is 0 Å². The molecule has 4 rings (SSSR count). The molecule has 122 valence electrons. The number of carbonyl (C=O) groups excluding carboxylic acids is 1. The van der Waals surface area contributed by atoms with Crippen LogP contribution in [0.2, 0.25) is 0 Å². The topological polar surface area (TPSA) is 41.9 Å². The zero-order valence-electron chi connectivity index (χ0n) is 13.1. The molecule has 2 aliphatic heterocycles. The molecule has 0 aliphatic carbocycles. The SMILES string of the molecule is O=C([C@@H]1CC(c2ccccc2F)=NO1)N1CCCc2ccccc21. The minimum Gasteiger partial charge on any atom is -0.382 e. The zero-order valence-corrected chi connectivity index (χ0v) is 13.1. The number of para-hydroxylation sites is 1. The van der Waals surface area contributed by atoms with Crippen LogP contribution >= 0.6 is 0 Å². The summed E-state index contributed by atoms with van der Waals surface area (Å²) in [5.41, 5.74) is 2.99. The van der Waals surface area contributed by atoms with Crippen LogP contribution in [-0.2, 0) is 16.1 Å². The van der Waals surface area contributed by atoms with Gasteiger partial charge in [-0.15, -0.1) is 0 Å². The maximum absolute atomic E-state index is 13.9. The van der Waals surface area contributed by atoms with Gasteiger partial charge in [-0.1, -0.05) is 41.6 Å². The Morgan fingerprint density at radius 2 is 1.96 bits per heavy atom. The lowest BCUT2D eigenvalue weighted by atomic mass is 9.99. The second-order valence-electron chi connectivity index (χ2n) is 6.04. The predicted octanol–water partition coefficient (Wildman–Crippen LogP) is 3.30. The molecule has 0 unspecified atom stereocenters. The van der Waals surface area contributed by atoms with Crippen molar-refractivity contribution in [2.45, 2.75) is 25.4 Å². The van der Waals surface area contributed by atoms with Crippen molar-refractivity contribution in [1.29, 1.82) is 0 Å². The number of hydrogen-bond acceptors (Lipinski definition) is 3. The molecule has 0 radical (unpaired) electrons. The number of halogens is 1. The standard InChI is InChI=1S/C19H17FN2O2/c20-15-9-3-2-8-14(15)16-12-18(24-21-16)19(23)22-11-5-7-13-6-1-4-10-17(13)22/h1-4,6,8-10,18H,5,7,11-12H2/t18-/m0/s1. The number of anilines is 1. The third-order valence-corrected chi connectivity index (χ3v) is 4.51. The van der Waals surface area contributed by atoms with Crippen molar-refractivity contribution < 1.29 is 14.0 Å². The molecule has 2 heterocycles. The van der Waals surface area contributed by atoms with Crippen LogP contribution in [0, 0.1) is 5.82 Å². The summed E-state index contributed by atoms with van der Waals surface area (Å²) in [5.74, 6) is -0.464. The van der Waals surface area contributed by atoms with E-state index in [1.165, 1.54) is 11.6 Å². The Morgan fingerprint density at radius 3 is 2.83 bits per heavy atom. The molecule has 1 amide bonds. The molecule has 0 bridgehead atoms. The van der Waals surface area contributed by atoms with E-state index in [1.807, 2.05) is 24.3 Å². The molecular weight excluding hydrogens is 307 g/mol. The minimum absolute atomic E-state index is 0.114. The highest BCUT2D eigenvalue weighted by Gasteiger charge is 2.35. The number of oxime groups is 1. The average Bonchev–Trinajstić information content (AvgIpc) is 3.11. The molecule has 0 aromatic heterocycles. The van der Waals surface area contributed by atoms with Crippen LogP contribution in [0.4, 0.5) is 10.1 Å². The highest BCUT2D eigenvalue weighted by molar-refractivity contribution is 6.07. The molecule has 0 saturated carbocycles. The fraction of sp³-hybridized carbons (Fsp3) is 0.263. The molecule has 2 aromatic carbocycles. The lowest BCUT2D eigenvalue weighted by Crippen LogP contribution is -2.42. The fourth-order valence-corrected chi connectivity index (χ4v) is 3.30. The van der Waals surface area contributed by atoms with Crippen molar-refractivity contribution in [3.63, 3.8) is 0 Å². The molecule has 2 aromatic rings. The summed E-state index contributed by atoms with van der Waals surface area (Å²) in [6, 6.07) is 14.3. The molecule has 4 nitrogen and oxygen atoms in total. The second-order valence-corrected chi connectivity index (χ2v) is 6.04. The van der Waals surface area contributed by atoms with Crippen LogP contribution in [0.15, 0.2) is 53.7 Å². The summed E-state index contributed by atoms with van der Waals surface area (Å²) in [5, 5.41) is 3.95. The number of nitrogens with zero attached hydrogens (tertiary/aromatic N) is 2. The molecule has 0 N–H and O–H groups in total. The first-order valence-electron chi connectivity index (χ1n) is 8.11. The third kappa shape index (κ3) is 2.56. The van der Waals surface area contributed by atoms with Crippen molar-refractivity contribution in [3.05, 3.63) is 65.5 Å².